The lowest BCUT2D eigenvalue weighted by Gasteiger charge is -2.09. The van der Waals surface area contributed by atoms with Crippen molar-refractivity contribution < 1.29 is 14.7 Å². The summed E-state index contributed by atoms with van der Waals surface area (Å²) >= 11 is 4.92. The average Bonchev–Trinajstić information content (AvgIpc) is 2.67. The Balaban J connectivity index is 2.08. The number of hydrogen-bond acceptors (Lipinski definition) is 3. The van der Waals surface area contributed by atoms with Gasteiger partial charge >= 0.3 is 5.97 Å². The van der Waals surface area contributed by atoms with Gasteiger partial charge in [0.05, 0.1) is 0 Å². The standard InChI is InChI=1S/C14H12N2O3S/c17-12(18)9-16-13(19)11(15-14(16)20)8-4-7-10-5-2-1-3-6-10/h1-8H,9H2,(H,15,20)(H,17,18). The number of hydrogen-bond donors (Lipinski definition) is 2. The number of allylic oxidation sites excluding steroid dienone is 2. The van der Waals surface area contributed by atoms with E-state index in [4.69, 9.17) is 17.3 Å². The first kappa shape index (κ1) is 14.0. The molecule has 0 saturated carbocycles. The number of nitrogens with zero attached hydrogens (tertiary/aromatic N) is 1. The highest BCUT2D eigenvalue weighted by molar-refractivity contribution is 7.80. The first-order chi connectivity index (χ1) is 9.58. The lowest BCUT2D eigenvalue weighted by Crippen LogP contribution is -2.35. The molecular weight excluding hydrogens is 276 g/mol. The first-order valence-electron chi connectivity index (χ1n) is 5.86. The molecule has 1 aromatic rings. The SMILES string of the molecule is O=C(O)CN1C(=O)C(=CC=Cc2ccccc2)NC1=S. The molecular formula is C14H12N2O3S. The van der Waals surface area contributed by atoms with Crippen LogP contribution in [0.2, 0.25) is 0 Å². The largest absolute Gasteiger partial charge is 0.480 e. The van der Waals surface area contributed by atoms with Crippen molar-refractivity contribution in [3.63, 3.8) is 0 Å². The number of thiocarbonyl (C=S) groups is 1. The molecule has 5 nitrogen and oxygen atoms in total. The van der Waals surface area contributed by atoms with E-state index in [0.29, 0.717) is 0 Å². The number of carbonyl (C=O) groups excluding carboxylic acids is 1. The number of aliphatic carboxylic acids is 1. The third-order valence-corrected chi connectivity index (χ3v) is 2.93. The van der Waals surface area contributed by atoms with Gasteiger partial charge in [-0.15, -0.1) is 0 Å². The van der Waals surface area contributed by atoms with Crippen LogP contribution in [0.1, 0.15) is 5.56 Å². The molecule has 0 aromatic heterocycles. The van der Waals surface area contributed by atoms with Gasteiger partial charge in [0.15, 0.2) is 5.11 Å². The number of carboxylic acids is 1. The molecule has 0 spiro atoms. The van der Waals surface area contributed by atoms with Crippen LogP contribution >= 0.6 is 12.2 Å². The van der Waals surface area contributed by atoms with Gasteiger partial charge in [-0.2, -0.15) is 0 Å². The third-order valence-electron chi connectivity index (χ3n) is 2.61. The number of nitrogens with one attached hydrogen (secondary N) is 1. The van der Waals surface area contributed by atoms with E-state index in [2.05, 4.69) is 5.32 Å². The van der Waals surface area contributed by atoms with Gasteiger partial charge in [-0.3, -0.25) is 14.5 Å². The van der Waals surface area contributed by atoms with Gasteiger partial charge < -0.3 is 10.4 Å². The molecule has 1 fully saturated rings. The van der Waals surface area contributed by atoms with E-state index in [0.717, 1.165) is 10.5 Å². The second-order valence-electron chi connectivity index (χ2n) is 4.07. The highest BCUT2D eigenvalue weighted by atomic mass is 32.1. The van der Waals surface area contributed by atoms with E-state index < -0.39 is 18.4 Å². The molecule has 1 amide bonds. The molecule has 20 heavy (non-hydrogen) atoms. The Kier molecular flexibility index (Phi) is 4.27. The van der Waals surface area contributed by atoms with E-state index in [1.165, 1.54) is 0 Å². The van der Waals surface area contributed by atoms with Gasteiger partial charge in [0.2, 0.25) is 0 Å². The number of amides is 1. The number of carboxylic acid groups (broad SMARTS) is 1. The van der Waals surface area contributed by atoms with Crippen molar-refractivity contribution in [2.45, 2.75) is 0 Å². The van der Waals surface area contributed by atoms with Crippen LogP contribution in [0.5, 0.6) is 0 Å². The van der Waals surface area contributed by atoms with E-state index in [1.54, 1.807) is 12.2 Å². The van der Waals surface area contributed by atoms with Crippen molar-refractivity contribution >= 4 is 35.3 Å². The zero-order valence-corrected chi connectivity index (χ0v) is 11.3. The Morgan fingerprint density at radius 1 is 1.35 bits per heavy atom. The first-order valence-corrected chi connectivity index (χ1v) is 6.27. The molecule has 1 aliphatic heterocycles. The maximum atomic E-state index is 11.9. The van der Waals surface area contributed by atoms with Crippen LogP contribution in [0.4, 0.5) is 0 Å². The van der Waals surface area contributed by atoms with Gasteiger partial charge in [0.1, 0.15) is 12.2 Å². The molecule has 2 rings (SSSR count). The summed E-state index contributed by atoms with van der Waals surface area (Å²) < 4.78 is 0. The Bertz CT molecular complexity index is 608. The van der Waals surface area contributed by atoms with Crippen molar-refractivity contribution in [3.8, 4) is 0 Å². The predicted octanol–water partition coefficient (Wildman–Crippen LogP) is 1.39. The summed E-state index contributed by atoms with van der Waals surface area (Å²) in [5.41, 5.74) is 1.27. The summed E-state index contributed by atoms with van der Waals surface area (Å²) in [4.78, 5) is 23.6. The van der Waals surface area contributed by atoms with E-state index >= 15 is 0 Å². The molecule has 0 aliphatic carbocycles. The Morgan fingerprint density at radius 3 is 2.70 bits per heavy atom. The van der Waals surface area contributed by atoms with Crippen LogP contribution in [-0.4, -0.2) is 33.5 Å². The highest BCUT2D eigenvalue weighted by Crippen LogP contribution is 2.10. The zero-order valence-electron chi connectivity index (χ0n) is 10.4. The lowest BCUT2D eigenvalue weighted by molar-refractivity contribution is -0.140. The molecule has 1 heterocycles. The van der Waals surface area contributed by atoms with Gasteiger partial charge in [0.25, 0.3) is 5.91 Å². The Hall–Kier alpha value is -2.47. The van der Waals surface area contributed by atoms with Crippen molar-refractivity contribution in [1.29, 1.82) is 0 Å². The van der Waals surface area contributed by atoms with Crippen molar-refractivity contribution in [2.24, 2.45) is 0 Å². The van der Waals surface area contributed by atoms with Crippen LogP contribution in [-0.2, 0) is 9.59 Å². The molecule has 6 heteroatoms. The fourth-order valence-electron chi connectivity index (χ4n) is 1.69. The normalized spacial score (nSPS) is 17.0. The van der Waals surface area contributed by atoms with Crippen molar-refractivity contribution in [1.82, 2.24) is 10.2 Å². The van der Waals surface area contributed by atoms with E-state index in [9.17, 15) is 9.59 Å². The fraction of sp³-hybridized carbons (Fsp3) is 0.0714. The van der Waals surface area contributed by atoms with Crippen molar-refractivity contribution in [3.05, 3.63) is 53.7 Å². The molecule has 0 radical (unpaired) electrons. The molecule has 0 unspecified atom stereocenters. The quantitative estimate of drug-likeness (QED) is 0.647. The average molecular weight is 288 g/mol. The molecule has 0 atom stereocenters. The van der Waals surface area contributed by atoms with E-state index in [-0.39, 0.29) is 10.8 Å². The molecule has 1 aromatic carbocycles. The van der Waals surface area contributed by atoms with Crippen LogP contribution < -0.4 is 5.32 Å². The highest BCUT2D eigenvalue weighted by Gasteiger charge is 2.31. The smallest absolute Gasteiger partial charge is 0.323 e. The lowest BCUT2D eigenvalue weighted by atomic mass is 10.2. The zero-order chi connectivity index (χ0) is 14.5. The van der Waals surface area contributed by atoms with Gasteiger partial charge in [-0.25, -0.2) is 0 Å². The predicted molar refractivity (Wildman–Crippen MR) is 78.6 cm³/mol. The van der Waals surface area contributed by atoms with Crippen LogP contribution in [0, 0.1) is 0 Å². The monoisotopic (exact) mass is 288 g/mol. The second kappa shape index (κ2) is 6.12. The van der Waals surface area contributed by atoms with E-state index in [1.807, 2.05) is 36.4 Å². The second-order valence-corrected chi connectivity index (χ2v) is 4.45. The summed E-state index contributed by atoms with van der Waals surface area (Å²) in [6.45, 7) is -0.440. The minimum Gasteiger partial charge on any atom is -0.480 e. The minimum atomic E-state index is -1.11. The molecule has 2 N–H and O–H groups in total. The molecule has 1 saturated heterocycles. The summed E-state index contributed by atoms with van der Waals surface area (Å²) in [5, 5.41) is 11.5. The van der Waals surface area contributed by atoms with Gasteiger partial charge in [-0.05, 0) is 23.9 Å². The van der Waals surface area contributed by atoms with Crippen molar-refractivity contribution in [2.75, 3.05) is 6.54 Å². The number of rotatable bonds is 4. The van der Waals surface area contributed by atoms with Gasteiger partial charge in [0, 0.05) is 0 Å². The summed E-state index contributed by atoms with van der Waals surface area (Å²) in [6.07, 6.45) is 5.12. The number of carbonyl (C=O) groups is 2. The fourth-order valence-corrected chi connectivity index (χ4v) is 1.94. The van der Waals surface area contributed by atoms with Crippen LogP contribution in [0.15, 0.2) is 48.2 Å². The summed E-state index contributed by atoms with van der Waals surface area (Å²) in [7, 11) is 0. The molecule has 0 bridgehead atoms. The maximum Gasteiger partial charge on any atom is 0.323 e. The molecule has 102 valence electrons. The number of benzene rings is 1. The summed E-state index contributed by atoms with van der Waals surface area (Å²) in [6, 6.07) is 9.60. The van der Waals surface area contributed by atoms with Crippen LogP contribution in [0.3, 0.4) is 0 Å². The third kappa shape index (κ3) is 3.30. The Morgan fingerprint density at radius 2 is 2.05 bits per heavy atom. The van der Waals surface area contributed by atoms with Gasteiger partial charge in [-0.1, -0.05) is 42.5 Å². The molecule has 1 aliphatic rings. The minimum absolute atomic E-state index is 0.108. The summed E-state index contributed by atoms with van der Waals surface area (Å²) in [5.74, 6) is -1.54. The topological polar surface area (TPSA) is 69.6 Å². The Labute approximate surface area is 121 Å². The van der Waals surface area contributed by atoms with Crippen LogP contribution in [0.25, 0.3) is 6.08 Å². The maximum absolute atomic E-state index is 11.9.